The van der Waals surface area contributed by atoms with Crippen LogP contribution < -0.4 is 19.8 Å². The Hall–Kier alpha value is -4.04. The van der Waals surface area contributed by atoms with Crippen LogP contribution in [0.3, 0.4) is 0 Å². The number of rotatable bonds is 8. The second-order valence-corrected chi connectivity index (χ2v) is 11.1. The smallest absolute Gasteiger partial charge is 0.338 e. The first-order valence-corrected chi connectivity index (χ1v) is 14.5. The van der Waals surface area contributed by atoms with Crippen molar-refractivity contribution in [3.63, 3.8) is 0 Å². The van der Waals surface area contributed by atoms with Gasteiger partial charge in [0.05, 0.1) is 35.2 Å². The highest BCUT2D eigenvalue weighted by molar-refractivity contribution is 7.07. The predicted molar refractivity (Wildman–Crippen MR) is 158 cm³/mol. The minimum Gasteiger partial charge on any atom is -0.463 e. The van der Waals surface area contributed by atoms with E-state index in [-0.39, 0.29) is 18.1 Å². The van der Waals surface area contributed by atoms with E-state index in [1.54, 1.807) is 22.5 Å². The fraction of sp³-hybridized carbons (Fsp3) is 0.312. The fourth-order valence-electron chi connectivity index (χ4n) is 5.36. The summed E-state index contributed by atoms with van der Waals surface area (Å²) < 4.78 is 7.37. The zero-order valence-electron chi connectivity index (χ0n) is 23.3. The van der Waals surface area contributed by atoms with Crippen LogP contribution in [0.5, 0.6) is 0 Å². The summed E-state index contributed by atoms with van der Waals surface area (Å²) in [5.74, 6) is -0.395. The molecule has 7 nitrogen and oxygen atoms in total. The van der Waals surface area contributed by atoms with Crippen molar-refractivity contribution in [2.24, 2.45) is 4.99 Å². The summed E-state index contributed by atoms with van der Waals surface area (Å²) in [6.07, 6.45) is 2.99. The molecule has 0 saturated heterocycles. The highest BCUT2D eigenvalue weighted by Crippen LogP contribution is 2.36. The number of aromatic nitrogens is 1. The zero-order chi connectivity index (χ0) is 28.6. The molecule has 3 heterocycles. The number of amides is 1. The highest BCUT2D eigenvalue weighted by Gasteiger charge is 2.37. The van der Waals surface area contributed by atoms with Gasteiger partial charge in [0.25, 0.3) is 11.5 Å². The third-order valence-corrected chi connectivity index (χ3v) is 8.30. The first-order valence-electron chi connectivity index (χ1n) is 13.7. The number of para-hydroxylation sites is 1. The first kappa shape index (κ1) is 27.5. The maximum Gasteiger partial charge on any atom is 0.338 e. The Balaban J connectivity index is 1.82. The lowest BCUT2D eigenvalue weighted by molar-refractivity contribution is -0.139. The Morgan fingerprint density at radius 1 is 1.12 bits per heavy atom. The average Bonchev–Trinajstić information content (AvgIpc) is 3.41. The summed E-state index contributed by atoms with van der Waals surface area (Å²) >= 11 is 1.20. The Morgan fingerprint density at radius 2 is 1.85 bits per heavy atom. The molecular formula is C32H33N3O4S. The molecule has 2 aliphatic heterocycles. The number of thiazole rings is 1. The van der Waals surface area contributed by atoms with E-state index in [4.69, 9.17) is 9.73 Å². The zero-order valence-corrected chi connectivity index (χ0v) is 24.1. The van der Waals surface area contributed by atoms with Gasteiger partial charge in [-0.2, -0.15) is 0 Å². The third kappa shape index (κ3) is 4.56. The number of allylic oxidation sites excluding steroid dienone is 1. The topological polar surface area (TPSA) is 81.0 Å². The number of hydrogen-bond acceptors (Lipinski definition) is 6. The van der Waals surface area contributed by atoms with Crippen molar-refractivity contribution in [3.05, 3.63) is 109 Å². The second kappa shape index (κ2) is 11.2. The summed E-state index contributed by atoms with van der Waals surface area (Å²) in [6, 6.07) is 14.7. The van der Waals surface area contributed by atoms with E-state index >= 15 is 0 Å². The van der Waals surface area contributed by atoms with Gasteiger partial charge < -0.3 is 9.64 Å². The number of nitrogens with zero attached hydrogens (tertiary/aromatic N) is 3. The Labute approximate surface area is 237 Å². The van der Waals surface area contributed by atoms with Crippen LogP contribution in [0, 0.1) is 0 Å². The van der Waals surface area contributed by atoms with Gasteiger partial charge in [-0.25, -0.2) is 9.79 Å². The van der Waals surface area contributed by atoms with Crippen LogP contribution in [-0.2, 0) is 14.3 Å². The van der Waals surface area contributed by atoms with Gasteiger partial charge in [-0.1, -0.05) is 87.1 Å². The molecule has 5 rings (SSSR count). The highest BCUT2D eigenvalue weighted by atomic mass is 32.1. The molecule has 0 unspecified atom stereocenters. The van der Waals surface area contributed by atoms with E-state index in [1.807, 2.05) is 55.5 Å². The summed E-state index contributed by atoms with van der Waals surface area (Å²) in [7, 11) is 0. The molecule has 0 radical (unpaired) electrons. The minimum atomic E-state index is -0.719. The molecule has 40 heavy (non-hydrogen) atoms. The predicted octanol–water partition coefficient (Wildman–Crippen LogP) is 4.60. The number of carbonyl (C=O) groups is 2. The molecule has 0 fully saturated rings. The molecule has 206 valence electrons. The van der Waals surface area contributed by atoms with Crippen LogP contribution in [-0.4, -0.2) is 29.6 Å². The molecule has 1 amide bonds. The fourth-order valence-corrected chi connectivity index (χ4v) is 6.47. The molecule has 0 saturated carbocycles. The maximum absolute atomic E-state index is 14.3. The Bertz CT molecular complexity index is 1710. The third-order valence-electron chi connectivity index (χ3n) is 7.25. The molecule has 0 bridgehead atoms. The molecule has 0 spiro atoms. The molecular weight excluding hydrogens is 522 g/mol. The second-order valence-electron chi connectivity index (χ2n) is 10.2. The van der Waals surface area contributed by atoms with Crippen molar-refractivity contribution in [3.8, 4) is 0 Å². The van der Waals surface area contributed by atoms with E-state index in [0.717, 1.165) is 23.2 Å². The number of fused-ring (bicyclic) bond motifs is 2. The molecule has 3 aromatic rings. The average molecular weight is 556 g/mol. The standard InChI is InChI=1S/C32H33N3O4S/c1-6-11-23-26(31(38)39-8-3)27(21-16-14-20(15-17-21)19(4)5)35-30(37)28(40-32(35)33-23)25-22-12-9-10-13-24(22)34(18-7-2)29(25)36/h7,9-10,12-17,19,27H,2,6,8,11,18H2,1,3-5H3/b28-25+/t27-/m0/s1. The van der Waals surface area contributed by atoms with Crippen molar-refractivity contribution in [2.75, 3.05) is 18.1 Å². The van der Waals surface area contributed by atoms with Gasteiger partial charge in [0, 0.05) is 12.1 Å². The van der Waals surface area contributed by atoms with Crippen LogP contribution in [0.4, 0.5) is 5.69 Å². The maximum atomic E-state index is 14.3. The van der Waals surface area contributed by atoms with Crippen LogP contribution in [0.25, 0.3) is 5.57 Å². The summed E-state index contributed by atoms with van der Waals surface area (Å²) in [6.45, 7) is 12.4. The lowest BCUT2D eigenvalue weighted by atomic mass is 9.92. The van der Waals surface area contributed by atoms with Gasteiger partial charge in [0.15, 0.2) is 4.80 Å². The van der Waals surface area contributed by atoms with Gasteiger partial charge in [0.1, 0.15) is 4.53 Å². The number of carbonyl (C=O) groups excluding carboxylic acids is 2. The molecule has 1 atom stereocenters. The molecule has 2 aliphatic rings. The molecule has 0 aliphatic carbocycles. The molecule has 0 N–H and O–H groups in total. The van der Waals surface area contributed by atoms with Crippen molar-refractivity contribution in [2.45, 2.75) is 52.5 Å². The van der Waals surface area contributed by atoms with Crippen molar-refractivity contribution < 1.29 is 14.3 Å². The number of ether oxygens (including phenoxy) is 1. The van der Waals surface area contributed by atoms with Gasteiger partial charge in [0.2, 0.25) is 0 Å². The number of esters is 1. The lowest BCUT2D eigenvalue weighted by Crippen LogP contribution is -2.41. The molecule has 8 heteroatoms. The Morgan fingerprint density at radius 3 is 2.50 bits per heavy atom. The van der Waals surface area contributed by atoms with Crippen molar-refractivity contribution in [1.29, 1.82) is 0 Å². The summed E-state index contributed by atoms with van der Waals surface area (Å²) in [5, 5.41) is 0. The van der Waals surface area contributed by atoms with E-state index < -0.39 is 12.0 Å². The van der Waals surface area contributed by atoms with E-state index in [9.17, 15) is 14.4 Å². The van der Waals surface area contributed by atoms with Crippen LogP contribution in [0.2, 0.25) is 0 Å². The van der Waals surface area contributed by atoms with Crippen LogP contribution in [0.15, 0.2) is 82.2 Å². The first-order chi connectivity index (χ1) is 19.3. The van der Waals surface area contributed by atoms with Gasteiger partial charge in [-0.3, -0.25) is 14.2 Å². The molecule has 1 aromatic heterocycles. The normalized spacial score (nSPS) is 17.6. The lowest BCUT2D eigenvalue weighted by Gasteiger charge is -2.26. The number of anilines is 1. The van der Waals surface area contributed by atoms with Gasteiger partial charge in [-0.05, 0) is 36.5 Å². The summed E-state index contributed by atoms with van der Waals surface area (Å²) in [5.41, 5.74) is 4.39. The van der Waals surface area contributed by atoms with E-state index in [1.165, 1.54) is 11.3 Å². The number of benzene rings is 2. The quantitative estimate of drug-likeness (QED) is 0.301. The van der Waals surface area contributed by atoms with Crippen LogP contribution >= 0.6 is 11.3 Å². The van der Waals surface area contributed by atoms with E-state index in [2.05, 4.69) is 20.4 Å². The minimum absolute atomic E-state index is 0.208. The van der Waals surface area contributed by atoms with Gasteiger partial charge >= 0.3 is 5.97 Å². The van der Waals surface area contributed by atoms with Crippen molar-refractivity contribution >= 4 is 34.5 Å². The van der Waals surface area contributed by atoms with Crippen LogP contribution in [0.1, 0.15) is 69.2 Å². The Kier molecular flexibility index (Phi) is 7.72. The SMILES string of the molecule is C=CCN1C(=O)/C(=c2/sc3n(c2=O)[C@@H](c2ccc(C(C)C)cc2)C(C(=O)OCC)=C(CCC)N=3)c2ccccc21. The van der Waals surface area contributed by atoms with E-state index in [0.29, 0.717) is 50.6 Å². The molecule has 2 aromatic carbocycles. The largest absolute Gasteiger partial charge is 0.463 e. The summed E-state index contributed by atoms with van der Waals surface area (Å²) in [4.78, 5) is 48.3. The van der Waals surface area contributed by atoms with Crippen molar-refractivity contribution in [1.82, 2.24) is 4.57 Å². The monoisotopic (exact) mass is 555 g/mol. The number of hydrogen-bond donors (Lipinski definition) is 0. The van der Waals surface area contributed by atoms with Gasteiger partial charge in [-0.15, -0.1) is 6.58 Å².